The van der Waals surface area contributed by atoms with Crippen LogP contribution in [0.15, 0.2) is 0 Å². The Balaban J connectivity index is 1.81. The molecule has 2 aliphatic rings. The zero-order chi connectivity index (χ0) is 13.1. The quantitative estimate of drug-likeness (QED) is 0.828. The summed E-state index contributed by atoms with van der Waals surface area (Å²) >= 11 is 0. The van der Waals surface area contributed by atoms with Gasteiger partial charge in [-0.25, -0.2) is 0 Å². The number of hydrogen-bond donors (Lipinski definition) is 1. The molecule has 18 heavy (non-hydrogen) atoms. The summed E-state index contributed by atoms with van der Waals surface area (Å²) in [5.41, 5.74) is 5.58. The van der Waals surface area contributed by atoms with E-state index >= 15 is 0 Å². The lowest BCUT2D eigenvalue weighted by molar-refractivity contribution is -0.144. The molecule has 2 rings (SSSR count). The molecule has 0 aliphatic carbocycles. The smallest absolute Gasteiger partial charge is 0.251 e. The van der Waals surface area contributed by atoms with Crippen molar-refractivity contribution in [3.05, 3.63) is 0 Å². The number of hydrogen-bond acceptors (Lipinski definition) is 3. The van der Waals surface area contributed by atoms with Gasteiger partial charge < -0.3 is 15.4 Å². The van der Waals surface area contributed by atoms with Gasteiger partial charge in [-0.3, -0.25) is 4.79 Å². The molecule has 2 aliphatic heterocycles. The van der Waals surface area contributed by atoms with Gasteiger partial charge in [0.2, 0.25) is 0 Å². The van der Waals surface area contributed by atoms with E-state index < -0.39 is 0 Å². The van der Waals surface area contributed by atoms with E-state index in [2.05, 4.69) is 13.8 Å². The van der Waals surface area contributed by atoms with E-state index in [1.165, 1.54) is 0 Å². The van der Waals surface area contributed by atoms with Crippen LogP contribution in [-0.4, -0.2) is 42.6 Å². The third kappa shape index (κ3) is 3.04. The van der Waals surface area contributed by atoms with E-state index in [4.69, 9.17) is 10.5 Å². The van der Waals surface area contributed by atoms with Gasteiger partial charge in [-0.1, -0.05) is 13.8 Å². The maximum atomic E-state index is 12.3. The SMILES string of the molecule is CC(C)C1CCN(C(=O)[C@@H]2CC[C@H](CN)O2)CC1. The van der Waals surface area contributed by atoms with E-state index in [0.717, 1.165) is 50.6 Å². The fraction of sp³-hybridized carbons (Fsp3) is 0.929. The van der Waals surface area contributed by atoms with Gasteiger partial charge in [0, 0.05) is 19.6 Å². The third-order valence-corrected chi connectivity index (χ3v) is 4.44. The van der Waals surface area contributed by atoms with Crippen molar-refractivity contribution in [2.24, 2.45) is 17.6 Å². The Bertz CT molecular complexity index is 286. The molecule has 0 aromatic heterocycles. The molecule has 2 fully saturated rings. The summed E-state index contributed by atoms with van der Waals surface area (Å²) < 4.78 is 5.68. The zero-order valence-corrected chi connectivity index (χ0v) is 11.6. The molecule has 2 saturated heterocycles. The Kier molecular flexibility index (Phi) is 4.62. The van der Waals surface area contributed by atoms with Gasteiger partial charge in [0.1, 0.15) is 6.10 Å². The van der Waals surface area contributed by atoms with Crippen molar-refractivity contribution in [3.63, 3.8) is 0 Å². The number of nitrogens with two attached hydrogens (primary N) is 1. The molecule has 0 unspecified atom stereocenters. The Hall–Kier alpha value is -0.610. The fourth-order valence-electron chi connectivity index (χ4n) is 3.05. The average Bonchev–Trinajstić information content (AvgIpc) is 2.86. The highest BCUT2D eigenvalue weighted by atomic mass is 16.5. The van der Waals surface area contributed by atoms with Crippen molar-refractivity contribution in [2.75, 3.05) is 19.6 Å². The first kappa shape index (κ1) is 13.8. The lowest BCUT2D eigenvalue weighted by atomic mass is 9.86. The summed E-state index contributed by atoms with van der Waals surface area (Å²) in [5, 5.41) is 0. The van der Waals surface area contributed by atoms with Gasteiger partial charge >= 0.3 is 0 Å². The first-order valence-electron chi connectivity index (χ1n) is 7.26. The first-order chi connectivity index (χ1) is 8.61. The predicted molar refractivity (Wildman–Crippen MR) is 71.1 cm³/mol. The van der Waals surface area contributed by atoms with Crippen molar-refractivity contribution in [1.82, 2.24) is 4.90 Å². The minimum Gasteiger partial charge on any atom is -0.364 e. The molecule has 0 radical (unpaired) electrons. The Morgan fingerprint density at radius 1 is 1.28 bits per heavy atom. The topological polar surface area (TPSA) is 55.6 Å². The van der Waals surface area contributed by atoms with Crippen LogP contribution in [0.4, 0.5) is 0 Å². The van der Waals surface area contributed by atoms with Crippen molar-refractivity contribution in [3.8, 4) is 0 Å². The standard InChI is InChI=1S/C14H26N2O2/c1-10(2)11-5-7-16(8-6-11)14(17)13-4-3-12(9-15)18-13/h10-13H,3-9,15H2,1-2H3/t12-,13+/m1/s1. The maximum absolute atomic E-state index is 12.3. The van der Waals surface area contributed by atoms with Crippen LogP contribution in [0.2, 0.25) is 0 Å². The van der Waals surface area contributed by atoms with Gasteiger partial charge in [0.15, 0.2) is 0 Å². The van der Waals surface area contributed by atoms with Gasteiger partial charge in [0.05, 0.1) is 6.10 Å². The van der Waals surface area contributed by atoms with Gasteiger partial charge in [0.25, 0.3) is 5.91 Å². The van der Waals surface area contributed by atoms with Crippen LogP contribution in [0.1, 0.15) is 39.5 Å². The zero-order valence-electron chi connectivity index (χ0n) is 11.6. The van der Waals surface area contributed by atoms with Crippen LogP contribution < -0.4 is 5.73 Å². The normalized spacial score (nSPS) is 30.1. The Labute approximate surface area is 110 Å². The molecule has 1 amide bonds. The van der Waals surface area contributed by atoms with Crippen LogP contribution in [0.3, 0.4) is 0 Å². The minimum absolute atomic E-state index is 0.0900. The highest BCUT2D eigenvalue weighted by Crippen LogP contribution is 2.27. The molecular weight excluding hydrogens is 228 g/mol. The van der Waals surface area contributed by atoms with Crippen LogP contribution in [0, 0.1) is 11.8 Å². The number of rotatable bonds is 3. The lowest BCUT2D eigenvalue weighted by Gasteiger charge is -2.35. The average molecular weight is 254 g/mol. The maximum Gasteiger partial charge on any atom is 0.251 e. The number of ether oxygens (including phenoxy) is 1. The van der Waals surface area contributed by atoms with E-state index in [9.17, 15) is 4.79 Å². The number of amides is 1. The second kappa shape index (κ2) is 6.02. The number of carbonyl (C=O) groups excluding carboxylic acids is 1. The van der Waals surface area contributed by atoms with Gasteiger partial charge in [-0.15, -0.1) is 0 Å². The van der Waals surface area contributed by atoms with Crippen molar-refractivity contribution in [1.29, 1.82) is 0 Å². The van der Waals surface area contributed by atoms with Crippen LogP contribution in [-0.2, 0) is 9.53 Å². The fourth-order valence-corrected chi connectivity index (χ4v) is 3.05. The van der Waals surface area contributed by atoms with Crippen LogP contribution in [0.5, 0.6) is 0 Å². The Morgan fingerprint density at radius 3 is 2.44 bits per heavy atom. The molecule has 4 nitrogen and oxygen atoms in total. The number of carbonyl (C=O) groups is 1. The van der Waals surface area contributed by atoms with Gasteiger partial charge in [-0.2, -0.15) is 0 Å². The molecule has 2 N–H and O–H groups in total. The summed E-state index contributed by atoms with van der Waals surface area (Å²) in [5.74, 6) is 1.69. The summed E-state index contributed by atoms with van der Waals surface area (Å²) in [6, 6.07) is 0. The molecule has 0 saturated carbocycles. The monoisotopic (exact) mass is 254 g/mol. The van der Waals surface area contributed by atoms with Crippen molar-refractivity contribution in [2.45, 2.75) is 51.7 Å². The molecule has 2 atom stereocenters. The molecule has 0 aromatic carbocycles. The Morgan fingerprint density at radius 2 is 1.94 bits per heavy atom. The van der Waals surface area contributed by atoms with Crippen molar-refractivity contribution >= 4 is 5.91 Å². The second-order valence-corrected chi connectivity index (χ2v) is 5.97. The third-order valence-electron chi connectivity index (χ3n) is 4.44. The largest absolute Gasteiger partial charge is 0.364 e. The van der Waals surface area contributed by atoms with E-state index in [1.54, 1.807) is 0 Å². The molecule has 0 bridgehead atoms. The number of likely N-dealkylation sites (tertiary alicyclic amines) is 1. The predicted octanol–water partition coefficient (Wildman–Crippen LogP) is 1.39. The van der Waals surface area contributed by atoms with Gasteiger partial charge in [-0.05, 0) is 37.5 Å². The summed E-state index contributed by atoms with van der Waals surface area (Å²) in [6.07, 6.45) is 3.90. The molecule has 4 heteroatoms. The van der Waals surface area contributed by atoms with E-state index in [0.29, 0.717) is 6.54 Å². The molecule has 0 spiro atoms. The summed E-state index contributed by atoms with van der Waals surface area (Å²) in [4.78, 5) is 14.3. The molecule has 104 valence electrons. The second-order valence-electron chi connectivity index (χ2n) is 5.97. The van der Waals surface area contributed by atoms with E-state index in [-0.39, 0.29) is 18.1 Å². The molecule has 0 aromatic rings. The lowest BCUT2D eigenvalue weighted by Crippen LogP contribution is -2.44. The highest BCUT2D eigenvalue weighted by Gasteiger charge is 2.34. The first-order valence-corrected chi connectivity index (χ1v) is 7.26. The number of nitrogens with zero attached hydrogens (tertiary/aromatic N) is 1. The highest BCUT2D eigenvalue weighted by molar-refractivity contribution is 5.81. The molecule has 2 heterocycles. The van der Waals surface area contributed by atoms with Crippen LogP contribution >= 0.6 is 0 Å². The summed E-state index contributed by atoms with van der Waals surface area (Å²) in [6.45, 7) is 6.87. The van der Waals surface area contributed by atoms with Crippen molar-refractivity contribution < 1.29 is 9.53 Å². The van der Waals surface area contributed by atoms with E-state index in [1.807, 2.05) is 4.90 Å². The van der Waals surface area contributed by atoms with Crippen LogP contribution in [0.25, 0.3) is 0 Å². The number of piperidine rings is 1. The molecular formula is C14H26N2O2. The summed E-state index contributed by atoms with van der Waals surface area (Å²) in [7, 11) is 0. The minimum atomic E-state index is -0.228.